The van der Waals surface area contributed by atoms with Crippen molar-refractivity contribution in [2.75, 3.05) is 5.32 Å². The number of ether oxygens (including phenoxy) is 1. The number of amides is 1. The minimum absolute atomic E-state index is 0.112. The fourth-order valence-corrected chi connectivity index (χ4v) is 1.05. The van der Waals surface area contributed by atoms with E-state index < -0.39 is 11.7 Å². The van der Waals surface area contributed by atoms with E-state index in [1.54, 1.807) is 20.8 Å². The zero-order valence-corrected chi connectivity index (χ0v) is 10.00. The molecule has 0 saturated heterocycles. The number of aromatic nitrogens is 1. The maximum Gasteiger partial charge on any atom is 0.413 e. The van der Waals surface area contributed by atoms with E-state index >= 15 is 0 Å². The number of rotatable bonds is 1. The molecule has 0 aliphatic rings. The van der Waals surface area contributed by atoms with E-state index in [9.17, 15) is 4.79 Å². The highest BCUT2D eigenvalue weighted by molar-refractivity contribution is 6.32. The number of carbonyl (C=O) groups excluding carboxylic acids is 1. The van der Waals surface area contributed by atoms with Crippen molar-refractivity contribution >= 4 is 23.5 Å². The number of halogens is 1. The number of nitrogens with zero attached hydrogens (tertiary/aromatic N) is 1. The maximum absolute atomic E-state index is 11.3. The summed E-state index contributed by atoms with van der Waals surface area (Å²) in [7, 11) is 0. The molecule has 6 heteroatoms. The van der Waals surface area contributed by atoms with E-state index in [2.05, 4.69) is 10.3 Å². The third-order valence-corrected chi connectivity index (χ3v) is 1.77. The van der Waals surface area contributed by atoms with Crippen molar-refractivity contribution in [3.63, 3.8) is 0 Å². The van der Waals surface area contributed by atoms with E-state index in [1.165, 1.54) is 6.07 Å². The van der Waals surface area contributed by atoms with Crippen LogP contribution in [0.25, 0.3) is 0 Å². The lowest BCUT2D eigenvalue weighted by Gasteiger charge is -2.19. The molecule has 1 rings (SSSR count). The summed E-state index contributed by atoms with van der Waals surface area (Å²) in [5, 5.41) is 11.6. The van der Waals surface area contributed by atoms with Gasteiger partial charge in [0.1, 0.15) is 11.4 Å². The summed E-state index contributed by atoms with van der Waals surface area (Å²) >= 11 is 5.65. The highest BCUT2D eigenvalue weighted by Gasteiger charge is 2.16. The SMILES string of the molecule is CC(C)(C)OC(=O)Nc1cc(Cl)c(O)cn1. The van der Waals surface area contributed by atoms with Crippen LogP contribution in [0.5, 0.6) is 5.75 Å². The smallest absolute Gasteiger partial charge is 0.413 e. The monoisotopic (exact) mass is 244 g/mol. The van der Waals surface area contributed by atoms with Gasteiger partial charge in [-0.1, -0.05) is 11.6 Å². The number of pyridine rings is 1. The Hall–Kier alpha value is -1.49. The van der Waals surface area contributed by atoms with Gasteiger partial charge in [-0.3, -0.25) is 5.32 Å². The zero-order valence-electron chi connectivity index (χ0n) is 9.24. The molecule has 0 unspecified atom stereocenters. The molecule has 0 radical (unpaired) electrons. The second kappa shape index (κ2) is 4.57. The van der Waals surface area contributed by atoms with E-state index in [4.69, 9.17) is 21.4 Å². The molecule has 1 aromatic rings. The standard InChI is InChI=1S/C10H13ClN2O3/c1-10(2,3)16-9(15)13-8-4-6(11)7(14)5-12-8/h4-5,14H,1-3H3,(H,12,13,15). The van der Waals surface area contributed by atoms with Gasteiger partial charge in [0.25, 0.3) is 0 Å². The van der Waals surface area contributed by atoms with Crippen molar-refractivity contribution < 1.29 is 14.6 Å². The molecule has 1 heterocycles. The number of hydrogen-bond acceptors (Lipinski definition) is 4. The van der Waals surface area contributed by atoms with Crippen LogP contribution in [0.3, 0.4) is 0 Å². The fraction of sp³-hybridized carbons (Fsp3) is 0.400. The lowest BCUT2D eigenvalue weighted by molar-refractivity contribution is 0.0635. The summed E-state index contributed by atoms with van der Waals surface area (Å²) in [4.78, 5) is 15.1. The van der Waals surface area contributed by atoms with Crippen LogP contribution in [0, 0.1) is 0 Å². The van der Waals surface area contributed by atoms with Crippen molar-refractivity contribution in [1.82, 2.24) is 4.98 Å². The van der Waals surface area contributed by atoms with Gasteiger partial charge >= 0.3 is 6.09 Å². The minimum Gasteiger partial charge on any atom is -0.505 e. The quantitative estimate of drug-likeness (QED) is 0.797. The van der Waals surface area contributed by atoms with Crippen LogP contribution in [0.1, 0.15) is 20.8 Å². The normalized spacial score (nSPS) is 11.0. The number of hydrogen-bond donors (Lipinski definition) is 2. The van der Waals surface area contributed by atoms with Crippen LogP contribution in [-0.4, -0.2) is 21.8 Å². The topological polar surface area (TPSA) is 71.5 Å². The molecule has 1 aromatic heterocycles. The van der Waals surface area contributed by atoms with Gasteiger partial charge in [0.15, 0.2) is 5.75 Å². The average Bonchev–Trinajstić information content (AvgIpc) is 2.08. The van der Waals surface area contributed by atoms with Gasteiger partial charge in [0.05, 0.1) is 11.2 Å². The Labute approximate surface area is 98.4 Å². The molecule has 2 N–H and O–H groups in total. The molecule has 16 heavy (non-hydrogen) atoms. The molecule has 0 saturated carbocycles. The first kappa shape index (κ1) is 12.6. The van der Waals surface area contributed by atoms with Crippen molar-refractivity contribution in [3.8, 4) is 5.75 Å². The first-order valence-electron chi connectivity index (χ1n) is 4.62. The molecule has 0 aliphatic heterocycles. The third-order valence-electron chi connectivity index (χ3n) is 1.46. The summed E-state index contributed by atoms with van der Waals surface area (Å²) in [6.45, 7) is 5.26. The summed E-state index contributed by atoms with van der Waals surface area (Å²) in [5.41, 5.74) is -0.579. The van der Waals surface area contributed by atoms with Gasteiger partial charge < -0.3 is 9.84 Å². The van der Waals surface area contributed by atoms with Crippen molar-refractivity contribution in [1.29, 1.82) is 0 Å². The first-order valence-corrected chi connectivity index (χ1v) is 5.00. The molecule has 0 fully saturated rings. The van der Waals surface area contributed by atoms with Crippen LogP contribution in [-0.2, 0) is 4.74 Å². The Morgan fingerprint density at radius 3 is 2.69 bits per heavy atom. The second-order valence-corrected chi connectivity index (χ2v) is 4.56. The predicted octanol–water partition coefficient (Wildman–Crippen LogP) is 2.79. The van der Waals surface area contributed by atoms with E-state index in [-0.39, 0.29) is 16.6 Å². The molecule has 5 nitrogen and oxygen atoms in total. The highest BCUT2D eigenvalue weighted by atomic mass is 35.5. The Morgan fingerprint density at radius 2 is 2.19 bits per heavy atom. The van der Waals surface area contributed by atoms with Crippen LogP contribution in [0.4, 0.5) is 10.6 Å². The summed E-state index contributed by atoms with van der Waals surface area (Å²) in [6, 6.07) is 1.33. The molecule has 0 aromatic carbocycles. The fourth-order valence-electron chi connectivity index (χ4n) is 0.900. The van der Waals surface area contributed by atoms with Gasteiger partial charge in [0, 0.05) is 6.07 Å². The predicted molar refractivity (Wildman–Crippen MR) is 60.8 cm³/mol. The molecule has 1 amide bonds. The van der Waals surface area contributed by atoms with Crippen LogP contribution in [0.2, 0.25) is 5.02 Å². The van der Waals surface area contributed by atoms with E-state index in [0.717, 1.165) is 6.20 Å². The average molecular weight is 245 g/mol. The number of nitrogens with one attached hydrogen (secondary N) is 1. The van der Waals surface area contributed by atoms with E-state index in [0.29, 0.717) is 0 Å². The summed E-state index contributed by atoms with van der Waals surface area (Å²) in [6.07, 6.45) is 0.524. The Balaban J connectivity index is 2.67. The number of anilines is 1. The van der Waals surface area contributed by atoms with Gasteiger partial charge in [-0.15, -0.1) is 0 Å². The molecular formula is C10H13ClN2O3. The Bertz CT molecular complexity index is 402. The molecule has 0 spiro atoms. The third kappa shape index (κ3) is 3.94. The Morgan fingerprint density at radius 1 is 1.56 bits per heavy atom. The molecule has 0 aliphatic carbocycles. The number of carbonyl (C=O) groups is 1. The van der Waals surface area contributed by atoms with Gasteiger partial charge in [-0.2, -0.15) is 0 Å². The molecule has 88 valence electrons. The van der Waals surface area contributed by atoms with Crippen LogP contribution < -0.4 is 5.32 Å². The van der Waals surface area contributed by atoms with Crippen molar-refractivity contribution in [2.24, 2.45) is 0 Å². The largest absolute Gasteiger partial charge is 0.505 e. The summed E-state index contributed by atoms with van der Waals surface area (Å²) < 4.78 is 5.02. The maximum atomic E-state index is 11.3. The van der Waals surface area contributed by atoms with Crippen LogP contribution in [0.15, 0.2) is 12.3 Å². The molecule has 0 atom stereocenters. The first-order chi connectivity index (χ1) is 7.28. The summed E-state index contributed by atoms with van der Waals surface area (Å²) in [5.74, 6) is 0.0773. The molecular weight excluding hydrogens is 232 g/mol. The van der Waals surface area contributed by atoms with Crippen LogP contribution >= 0.6 is 11.6 Å². The second-order valence-electron chi connectivity index (χ2n) is 4.15. The van der Waals surface area contributed by atoms with Crippen molar-refractivity contribution in [3.05, 3.63) is 17.3 Å². The number of aromatic hydroxyl groups is 1. The Kier molecular flexibility index (Phi) is 3.59. The minimum atomic E-state index is -0.623. The lowest BCUT2D eigenvalue weighted by atomic mass is 10.2. The zero-order chi connectivity index (χ0) is 12.3. The molecule has 0 bridgehead atoms. The lowest BCUT2D eigenvalue weighted by Crippen LogP contribution is -2.27. The van der Waals surface area contributed by atoms with E-state index in [1.807, 2.05) is 0 Å². The van der Waals surface area contributed by atoms with Gasteiger partial charge in [-0.25, -0.2) is 9.78 Å². The van der Waals surface area contributed by atoms with Crippen molar-refractivity contribution in [2.45, 2.75) is 26.4 Å². The highest BCUT2D eigenvalue weighted by Crippen LogP contribution is 2.23. The van der Waals surface area contributed by atoms with Gasteiger partial charge in [0.2, 0.25) is 0 Å². The van der Waals surface area contributed by atoms with Gasteiger partial charge in [-0.05, 0) is 20.8 Å².